The fraction of sp³-hybridized carbons (Fsp3) is 0.917. The third-order valence-corrected chi connectivity index (χ3v) is 12.2. The Labute approximate surface area is 257 Å². The minimum absolute atomic E-state index is 0.0513. The monoisotopic (exact) mass is 589 g/mol. The van der Waals surface area contributed by atoms with Crippen LogP contribution in [0.25, 0.3) is 0 Å². The Morgan fingerprint density at radius 1 is 0.952 bits per heavy atom. The minimum atomic E-state index is 0.0513. The second-order valence-electron chi connectivity index (χ2n) is 15.2. The normalized spacial score (nSPS) is 36.6. The molecule has 42 heavy (non-hydrogen) atoms. The summed E-state index contributed by atoms with van der Waals surface area (Å²) >= 11 is 0. The molecule has 6 heteroatoms. The molecule has 3 fully saturated rings. The zero-order valence-electron chi connectivity index (χ0n) is 27.8. The number of hydrogen-bond donors (Lipinski definition) is 2. The molecular weight excluding hydrogens is 526 g/mol. The Bertz CT molecular complexity index is 890. The van der Waals surface area contributed by atoms with Gasteiger partial charge >= 0.3 is 0 Å². The van der Waals surface area contributed by atoms with Crippen LogP contribution in [0.2, 0.25) is 0 Å². The third kappa shape index (κ3) is 7.75. The second kappa shape index (κ2) is 15.3. The van der Waals surface area contributed by atoms with Gasteiger partial charge in [-0.05, 0) is 97.4 Å². The molecule has 0 radical (unpaired) electrons. The van der Waals surface area contributed by atoms with E-state index in [4.69, 9.17) is 14.2 Å². The van der Waals surface area contributed by atoms with E-state index in [0.717, 1.165) is 30.6 Å². The van der Waals surface area contributed by atoms with Crippen molar-refractivity contribution in [3.63, 3.8) is 0 Å². The fourth-order valence-electron chi connectivity index (χ4n) is 9.81. The van der Waals surface area contributed by atoms with E-state index in [1.165, 1.54) is 51.4 Å². The lowest BCUT2D eigenvalue weighted by molar-refractivity contribution is -0.121. The zero-order valence-corrected chi connectivity index (χ0v) is 27.8. The van der Waals surface area contributed by atoms with Gasteiger partial charge in [0.25, 0.3) is 0 Å². The number of fused-ring (bicyclic) bond motifs is 5. The lowest BCUT2D eigenvalue weighted by Gasteiger charge is -2.59. The first-order chi connectivity index (χ1) is 20.1. The highest BCUT2D eigenvalue weighted by atomic mass is 16.5. The van der Waals surface area contributed by atoms with E-state index in [-0.39, 0.29) is 17.4 Å². The van der Waals surface area contributed by atoms with Crippen molar-refractivity contribution in [1.29, 1.82) is 0 Å². The molecule has 0 heterocycles. The summed E-state index contributed by atoms with van der Waals surface area (Å²) in [6.07, 6.45) is 15.6. The smallest absolute Gasteiger partial charge is 0.219 e. The number of allylic oxidation sites excluding steroid dienone is 2. The maximum Gasteiger partial charge on any atom is 0.219 e. The van der Waals surface area contributed by atoms with Crippen LogP contribution in [0.1, 0.15) is 112 Å². The maximum atomic E-state index is 11.6. The first-order valence-corrected chi connectivity index (χ1v) is 17.5. The van der Waals surface area contributed by atoms with Crippen LogP contribution in [0.5, 0.6) is 0 Å². The van der Waals surface area contributed by atoms with Crippen molar-refractivity contribution in [2.75, 3.05) is 39.6 Å². The Morgan fingerprint density at radius 3 is 2.38 bits per heavy atom. The standard InChI is InChI=1S/C36H63NO5/c1-7-33(39)37-17-18-40-19-20-41-21-22-42-28-13-15-35(5)27(23-28)24-32(38)34-30-12-11-29(26(4)10-8-9-25(2)3)36(30,6)16-14-31(34)35/h24-31,34,38H,7-23H2,1-6H3,(H,37,39)/t26-,27?,28+,29-,30+,31+,34+,35+,36-/m1/s1. The molecular formula is C36H63NO5. The Balaban J connectivity index is 1.23. The molecule has 1 unspecified atom stereocenters. The highest BCUT2D eigenvalue weighted by Crippen LogP contribution is 2.68. The van der Waals surface area contributed by atoms with Gasteiger partial charge in [-0.2, -0.15) is 0 Å². The Morgan fingerprint density at radius 2 is 1.64 bits per heavy atom. The zero-order chi connectivity index (χ0) is 30.3. The molecule has 6 nitrogen and oxygen atoms in total. The van der Waals surface area contributed by atoms with Crippen molar-refractivity contribution in [2.45, 2.75) is 118 Å². The van der Waals surface area contributed by atoms with E-state index in [9.17, 15) is 9.90 Å². The lowest BCUT2D eigenvalue weighted by atomic mass is 9.45. The number of aliphatic hydroxyl groups excluding tert-OH is 1. The van der Waals surface area contributed by atoms with E-state index in [2.05, 4.69) is 46.0 Å². The van der Waals surface area contributed by atoms with E-state index in [0.29, 0.717) is 80.8 Å². The molecule has 242 valence electrons. The molecule has 0 aromatic carbocycles. The molecule has 4 aliphatic carbocycles. The quantitative estimate of drug-likeness (QED) is 0.180. The Hall–Kier alpha value is -1.11. The van der Waals surface area contributed by atoms with Gasteiger partial charge in [0.1, 0.15) is 0 Å². The summed E-state index contributed by atoms with van der Waals surface area (Å²) in [5.41, 5.74) is 0.642. The average molecular weight is 590 g/mol. The summed E-state index contributed by atoms with van der Waals surface area (Å²) in [7, 11) is 0. The molecule has 4 aliphatic rings. The summed E-state index contributed by atoms with van der Waals surface area (Å²) in [4.78, 5) is 11.2. The SMILES string of the molecule is CCC(=O)NCCOCCOCCO[C@H]1CC[C@@]2(C)C(C=C(O)[C@H]3[C@@H]4CC[C@H]([C@H](C)CCCC(C)C)[C@@]4(C)CC[C@@H]32)C1. The van der Waals surface area contributed by atoms with Crippen LogP contribution in [0.15, 0.2) is 11.8 Å². The Kier molecular flexibility index (Phi) is 12.3. The molecule has 0 saturated heterocycles. The van der Waals surface area contributed by atoms with Crippen molar-refractivity contribution < 1.29 is 24.1 Å². The summed E-state index contributed by atoms with van der Waals surface area (Å²) in [6.45, 7) is 17.5. The molecule has 4 rings (SSSR count). The van der Waals surface area contributed by atoms with Crippen LogP contribution >= 0.6 is 0 Å². The first kappa shape index (κ1) is 33.8. The number of ether oxygens (including phenoxy) is 3. The van der Waals surface area contributed by atoms with E-state index >= 15 is 0 Å². The summed E-state index contributed by atoms with van der Waals surface area (Å²) in [5, 5.41) is 14.4. The minimum Gasteiger partial charge on any atom is -0.512 e. The van der Waals surface area contributed by atoms with Gasteiger partial charge in [-0.1, -0.05) is 60.8 Å². The number of rotatable bonds is 16. The van der Waals surface area contributed by atoms with Gasteiger partial charge in [-0.3, -0.25) is 4.79 Å². The van der Waals surface area contributed by atoms with Crippen LogP contribution < -0.4 is 5.32 Å². The second-order valence-corrected chi connectivity index (χ2v) is 15.2. The van der Waals surface area contributed by atoms with Gasteiger partial charge in [0.2, 0.25) is 5.91 Å². The van der Waals surface area contributed by atoms with Crippen molar-refractivity contribution in [3.05, 3.63) is 11.8 Å². The molecule has 0 aromatic heterocycles. The third-order valence-electron chi connectivity index (χ3n) is 12.2. The molecule has 0 aromatic rings. The van der Waals surface area contributed by atoms with Crippen molar-refractivity contribution in [1.82, 2.24) is 5.32 Å². The average Bonchev–Trinajstić information content (AvgIpc) is 3.31. The highest BCUT2D eigenvalue weighted by Gasteiger charge is 2.61. The van der Waals surface area contributed by atoms with E-state index in [1.54, 1.807) is 0 Å². The summed E-state index contributed by atoms with van der Waals surface area (Å²) in [5.74, 6) is 5.14. The predicted molar refractivity (Wildman–Crippen MR) is 169 cm³/mol. The number of nitrogens with one attached hydrogen (secondary N) is 1. The molecule has 2 N–H and O–H groups in total. The summed E-state index contributed by atoms with van der Waals surface area (Å²) in [6, 6.07) is 0. The molecule has 0 bridgehead atoms. The van der Waals surface area contributed by atoms with Crippen LogP contribution in [0, 0.1) is 52.3 Å². The number of carbonyl (C=O) groups is 1. The van der Waals surface area contributed by atoms with Crippen LogP contribution in [0.3, 0.4) is 0 Å². The first-order valence-electron chi connectivity index (χ1n) is 17.5. The van der Waals surface area contributed by atoms with Crippen LogP contribution in [-0.2, 0) is 19.0 Å². The van der Waals surface area contributed by atoms with Gasteiger partial charge in [0, 0.05) is 18.9 Å². The van der Waals surface area contributed by atoms with Crippen LogP contribution in [-0.4, -0.2) is 56.7 Å². The van der Waals surface area contributed by atoms with E-state index in [1.807, 2.05) is 6.92 Å². The maximum absolute atomic E-state index is 11.6. The van der Waals surface area contributed by atoms with Crippen molar-refractivity contribution >= 4 is 5.91 Å². The largest absolute Gasteiger partial charge is 0.512 e. The molecule has 3 saturated carbocycles. The van der Waals surface area contributed by atoms with Gasteiger partial charge < -0.3 is 24.6 Å². The van der Waals surface area contributed by atoms with Gasteiger partial charge in [0.15, 0.2) is 0 Å². The predicted octanol–water partition coefficient (Wildman–Crippen LogP) is 7.71. The van der Waals surface area contributed by atoms with Crippen LogP contribution in [0.4, 0.5) is 0 Å². The van der Waals surface area contributed by atoms with Gasteiger partial charge in [-0.25, -0.2) is 0 Å². The highest BCUT2D eigenvalue weighted by molar-refractivity contribution is 5.75. The van der Waals surface area contributed by atoms with Gasteiger partial charge in [-0.15, -0.1) is 0 Å². The lowest BCUT2D eigenvalue weighted by Crippen LogP contribution is -2.54. The van der Waals surface area contributed by atoms with E-state index < -0.39 is 0 Å². The molecule has 9 atom stereocenters. The number of aliphatic hydroxyl groups is 1. The molecule has 1 amide bonds. The van der Waals surface area contributed by atoms with Gasteiger partial charge in [0.05, 0.1) is 44.9 Å². The van der Waals surface area contributed by atoms with Crippen molar-refractivity contribution in [2.24, 2.45) is 52.3 Å². The summed E-state index contributed by atoms with van der Waals surface area (Å²) < 4.78 is 17.5. The molecule has 0 spiro atoms. The number of hydrogen-bond acceptors (Lipinski definition) is 5. The van der Waals surface area contributed by atoms with Crippen molar-refractivity contribution in [3.8, 4) is 0 Å². The fourth-order valence-corrected chi connectivity index (χ4v) is 9.81. The number of carbonyl (C=O) groups excluding carboxylic acids is 1. The number of amides is 1. The topological polar surface area (TPSA) is 77.0 Å². The molecule has 0 aliphatic heterocycles.